The van der Waals surface area contributed by atoms with Crippen molar-refractivity contribution in [2.45, 2.75) is 102 Å². The highest BCUT2D eigenvalue weighted by Gasteiger charge is 2.56. The summed E-state index contributed by atoms with van der Waals surface area (Å²) in [7, 11) is 4.12. The SMILES string of the molecule is COC(=O)N[C@H](C(=O)N1CC2(CC2)C[C@H]1c1ncc(-c2ccc3cc(-c4ccc(-c5cnc([C@@H]6[C@H]7CC[C@H](C7)N6C(=O)[C@@H](NC(=O)OC)C(C)(C)OC)[nH]5)cc4)ccc3c2)[nH]1)C(C)C. The van der Waals surface area contributed by atoms with E-state index in [1.807, 2.05) is 36.0 Å². The molecule has 2 aliphatic carbocycles. The molecule has 15 nitrogen and oxygen atoms in total. The Morgan fingerprint density at radius 3 is 2.02 bits per heavy atom. The third-order valence-electron chi connectivity index (χ3n) is 14.4. The van der Waals surface area contributed by atoms with Gasteiger partial charge in [0.05, 0.1) is 55.7 Å². The quantitative estimate of drug-likeness (QED) is 0.0968. The van der Waals surface area contributed by atoms with Gasteiger partial charge in [0.15, 0.2) is 0 Å². The Morgan fingerprint density at radius 1 is 0.766 bits per heavy atom. The average molecular weight is 871 g/mol. The highest BCUT2D eigenvalue weighted by Crippen LogP contribution is 2.58. The number of carbonyl (C=O) groups is 4. The van der Waals surface area contributed by atoms with Crippen molar-refractivity contribution in [2.24, 2.45) is 17.3 Å². The van der Waals surface area contributed by atoms with Crippen LogP contribution in [0.3, 0.4) is 0 Å². The van der Waals surface area contributed by atoms with Crippen LogP contribution in [0.1, 0.15) is 90.0 Å². The number of methoxy groups -OCH3 is 3. The molecule has 0 unspecified atom stereocenters. The molecule has 6 atom stereocenters. The molecule has 2 saturated heterocycles. The van der Waals surface area contributed by atoms with Gasteiger partial charge in [-0.1, -0.05) is 62.4 Å². The van der Waals surface area contributed by atoms with Crippen LogP contribution >= 0.6 is 0 Å². The van der Waals surface area contributed by atoms with E-state index in [-0.39, 0.29) is 47.2 Å². The summed E-state index contributed by atoms with van der Waals surface area (Å²) < 4.78 is 15.4. The van der Waals surface area contributed by atoms with Gasteiger partial charge in [-0.2, -0.15) is 0 Å². The number of rotatable bonds is 12. The molecule has 336 valence electrons. The number of ether oxygens (including phenoxy) is 3. The standard InChI is InChI=1S/C49H58N8O7/c1-27(2)39(54-46(60)62-5)44(58)56-26-49(18-19-49)23-38(56)42-50-25-37(52-42)33-15-14-31-20-30(12-13-32(31)21-33)28-8-10-29(11-9-28)36-24-51-43(53-36)40-34-16-17-35(22-34)57(40)45(59)41(48(3,4)64-7)55-47(61)63-6/h8-15,20-21,24-25,27,34-35,38-41H,16-19,22-23,26H2,1-7H3,(H,50,52)(H,51,53)(H,54,60)(H,55,61)/t34-,35+,38-,39-,40-,41+/m0/s1. The fourth-order valence-corrected chi connectivity index (χ4v) is 10.3. The van der Waals surface area contributed by atoms with Crippen LogP contribution in [0.2, 0.25) is 0 Å². The number of carbonyl (C=O) groups excluding carboxylic acids is 4. The average Bonchev–Trinajstić information content (AvgIpc) is 3.94. The second kappa shape index (κ2) is 16.7. The fraction of sp³-hybridized carbons (Fsp3) is 0.469. The first-order valence-electron chi connectivity index (χ1n) is 22.3. The van der Waals surface area contributed by atoms with Gasteiger partial charge < -0.3 is 44.6 Å². The largest absolute Gasteiger partial charge is 0.453 e. The lowest BCUT2D eigenvalue weighted by atomic mass is 9.93. The van der Waals surface area contributed by atoms with Crippen molar-refractivity contribution >= 4 is 34.8 Å². The fourth-order valence-electron chi connectivity index (χ4n) is 10.3. The smallest absolute Gasteiger partial charge is 0.407 e. The van der Waals surface area contributed by atoms with Crippen LogP contribution in [0.5, 0.6) is 0 Å². The molecule has 4 amide bonds. The number of fused-ring (bicyclic) bond motifs is 3. The molecule has 4 heterocycles. The molecular formula is C49H58N8O7. The third-order valence-corrected chi connectivity index (χ3v) is 14.4. The number of nitrogens with zero attached hydrogens (tertiary/aromatic N) is 4. The van der Waals surface area contributed by atoms with Crippen molar-refractivity contribution < 1.29 is 33.4 Å². The number of piperidine rings is 1. The van der Waals surface area contributed by atoms with Gasteiger partial charge >= 0.3 is 12.2 Å². The predicted molar refractivity (Wildman–Crippen MR) is 241 cm³/mol. The molecule has 4 N–H and O–H groups in total. The normalized spacial score (nSPS) is 21.9. The minimum atomic E-state index is -0.971. The van der Waals surface area contributed by atoms with E-state index < -0.39 is 29.9 Å². The van der Waals surface area contributed by atoms with E-state index in [1.165, 1.54) is 21.3 Å². The maximum atomic E-state index is 14.3. The van der Waals surface area contributed by atoms with Crippen LogP contribution < -0.4 is 10.6 Å². The Bertz CT molecular complexity index is 2580. The summed E-state index contributed by atoms with van der Waals surface area (Å²) in [5, 5.41) is 7.68. The molecule has 2 saturated carbocycles. The first kappa shape index (κ1) is 43.1. The van der Waals surface area contributed by atoms with Crippen LogP contribution in [0, 0.1) is 17.3 Å². The van der Waals surface area contributed by atoms with Crippen molar-refractivity contribution in [3.05, 3.63) is 84.7 Å². The Hall–Kier alpha value is -6.22. The predicted octanol–water partition coefficient (Wildman–Crippen LogP) is 7.92. The maximum absolute atomic E-state index is 14.3. The van der Waals surface area contributed by atoms with Crippen LogP contribution in [0.4, 0.5) is 9.59 Å². The number of aromatic nitrogens is 4. The lowest BCUT2D eigenvalue weighted by molar-refractivity contribution is -0.145. The summed E-state index contributed by atoms with van der Waals surface area (Å²) in [6.45, 7) is 8.07. The van der Waals surface area contributed by atoms with Gasteiger partial charge in [0.25, 0.3) is 0 Å². The Balaban J connectivity index is 0.897. The minimum absolute atomic E-state index is 0.0566. The minimum Gasteiger partial charge on any atom is -0.453 e. The summed E-state index contributed by atoms with van der Waals surface area (Å²) in [4.78, 5) is 73.2. The zero-order valence-corrected chi connectivity index (χ0v) is 37.6. The number of alkyl carbamates (subject to hydrolysis) is 2. The summed E-state index contributed by atoms with van der Waals surface area (Å²) in [6.07, 6.45) is 8.19. The van der Waals surface area contributed by atoms with Crippen molar-refractivity contribution in [1.82, 2.24) is 40.4 Å². The molecule has 5 aromatic rings. The Labute approximate surface area is 373 Å². The van der Waals surface area contributed by atoms with Crippen molar-refractivity contribution in [3.63, 3.8) is 0 Å². The number of amides is 4. The second-order valence-electron chi connectivity index (χ2n) is 19.1. The van der Waals surface area contributed by atoms with Crippen LogP contribution in [-0.2, 0) is 23.8 Å². The summed E-state index contributed by atoms with van der Waals surface area (Å²) in [5.74, 6) is 1.32. The molecule has 1 spiro atoms. The van der Waals surface area contributed by atoms with Crippen LogP contribution in [0.15, 0.2) is 73.1 Å². The van der Waals surface area contributed by atoms with Gasteiger partial charge in [-0.15, -0.1) is 0 Å². The van der Waals surface area contributed by atoms with Crippen LogP contribution in [0.25, 0.3) is 44.4 Å². The highest BCUT2D eigenvalue weighted by atomic mass is 16.5. The van der Waals surface area contributed by atoms with E-state index in [9.17, 15) is 19.2 Å². The highest BCUT2D eigenvalue weighted by molar-refractivity contribution is 5.91. The van der Waals surface area contributed by atoms with Crippen molar-refractivity contribution in [1.29, 1.82) is 0 Å². The number of nitrogens with one attached hydrogen (secondary N) is 4. The topological polar surface area (TPSA) is 184 Å². The van der Waals surface area contributed by atoms with E-state index in [2.05, 4.69) is 81.3 Å². The number of imidazole rings is 2. The third kappa shape index (κ3) is 7.99. The number of hydrogen-bond acceptors (Lipinski definition) is 9. The molecule has 64 heavy (non-hydrogen) atoms. The number of H-pyrrole nitrogens is 2. The molecule has 4 fully saturated rings. The van der Waals surface area contributed by atoms with Gasteiger partial charge in [-0.05, 0) is 109 Å². The van der Waals surface area contributed by atoms with Gasteiger partial charge in [0.1, 0.15) is 23.7 Å². The zero-order valence-electron chi connectivity index (χ0n) is 37.6. The summed E-state index contributed by atoms with van der Waals surface area (Å²) >= 11 is 0. The zero-order chi connectivity index (χ0) is 45.1. The molecular weight excluding hydrogens is 813 g/mol. The number of aromatic amines is 2. The number of benzene rings is 3. The molecule has 2 bridgehead atoms. The van der Waals surface area contributed by atoms with Gasteiger partial charge in [0.2, 0.25) is 11.8 Å². The molecule has 4 aliphatic rings. The molecule has 9 rings (SSSR count). The summed E-state index contributed by atoms with van der Waals surface area (Å²) in [5.41, 5.74) is 5.03. The van der Waals surface area contributed by atoms with Gasteiger partial charge in [-0.3, -0.25) is 9.59 Å². The first-order valence-corrected chi connectivity index (χ1v) is 22.3. The van der Waals surface area contributed by atoms with Gasteiger partial charge in [0, 0.05) is 25.3 Å². The molecule has 15 heteroatoms. The number of hydrogen-bond donors (Lipinski definition) is 4. The van der Waals surface area contributed by atoms with Crippen molar-refractivity contribution in [3.8, 4) is 33.6 Å². The van der Waals surface area contributed by atoms with E-state index in [4.69, 9.17) is 24.2 Å². The molecule has 0 radical (unpaired) electrons. The lowest BCUT2D eigenvalue weighted by Crippen LogP contribution is -2.60. The summed E-state index contributed by atoms with van der Waals surface area (Å²) in [6, 6.07) is 19.2. The van der Waals surface area contributed by atoms with E-state index in [0.717, 1.165) is 94.6 Å². The molecule has 2 aromatic heterocycles. The van der Waals surface area contributed by atoms with E-state index in [0.29, 0.717) is 6.54 Å². The van der Waals surface area contributed by atoms with Crippen molar-refractivity contribution in [2.75, 3.05) is 27.9 Å². The monoisotopic (exact) mass is 870 g/mol. The van der Waals surface area contributed by atoms with Gasteiger partial charge in [-0.25, -0.2) is 19.6 Å². The molecule has 3 aromatic carbocycles. The van der Waals surface area contributed by atoms with E-state index in [1.54, 1.807) is 13.8 Å². The maximum Gasteiger partial charge on any atom is 0.407 e. The van der Waals surface area contributed by atoms with Crippen LogP contribution in [-0.4, -0.2) is 105 Å². The lowest BCUT2D eigenvalue weighted by Gasteiger charge is -2.40. The van der Waals surface area contributed by atoms with E-state index >= 15 is 0 Å². The second-order valence-corrected chi connectivity index (χ2v) is 19.1. The Morgan fingerprint density at radius 2 is 1.36 bits per heavy atom. The first-order chi connectivity index (χ1) is 30.7. The Kier molecular flexibility index (Phi) is 11.2. The number of likely N-dealkylation sites (tertiary alicyclic amines) is 2. The molecule has 2 aliphatic heterocycles.